The van der Waals surface area contributed by atoms with Gasteiger partial charge in [0.15, 0.2) is 0 Å². The van der Waals surface area contributed by atoms with Crippen molar-refractivity contribution in [2.75, 3.05) is 11.9 Å². The molecular formula is C26H18FN3O4S. The summed E-state index contributed by atoms with van der Waals surface area (Å²) in [5.41, 5.74) is 2.15. The van der Waals surface area contributed by atoms with Gasteiger partial charge in [-0.2, -0.15) is 5.26 Å². The number of carbonyl (C=O) groups is 3. The number of nitriles is 1. The second-order valence-corrected chi connectivity index (χ2v) is 8.41. The number of nitrogens with zero attached hydrogens (tertiary/aromatic N) is 2. The van der Waals surface area contributed by atoms with Crippen LogP contribution in [0.2, 0.25) is 0 Å². The van der Waals surface area contributed by atoms with E-state index in [2.05, 4.69) is 11.4 Å². The van der Waals surface area contributed by atoms with Crippen LogP contribution in [0.4, 0.5) is 14.9 Å². The summed E-state index contributed by atoms with van der Waals surface area (Å²) in [5, 5.41) is 11.2. The van der Waals surface area contributed by atoms with Crippen molar-refractivity contribution >= 4 is 40.6 Å². The Morgan fingerprint density at radius 3 is 2.54 bits per heavy atom. The number of benzene rings is 3. The number of hydrogen-bond acceptors (Lipinski definition) is 6. The lowest BCUT2D eigenvalue weighted by Crippen LogP contribution is -2.36. The molecule has 0 spiro atoms. The number of anilines is 1. The van der Waals surface area contributed by atoms with Crippen molar-refractivity contribution in [1.29, 1.82) is 5.26 Å². The molecule has 0 saturated carbocycles. The second kappa shape index (κ2) is 10.7. The van der Waals surface area contributed by atoms with E-state index in [-0.39, 0.29) is 11.5 Å². The van der Waals surface area contributed by atoms with Gasteiger partial charge in [-0.05, 0) is 54.2 Å². The van der Waals surface area contributed by atoms with Crippen LogP contribution in [0.25, 0.3) is 6.08 Å². The predicted molar refractivity (Wildman–Crippen MR) is 130 cm³/mol. The normalized spacial score (nSPS) is 14.2. The van der Waals surface area contributed by atoms with E-state index in [1.165, 1.54) is 30.3 Å². The van der Waals surface area contributed by atoms with E-state index in [1.807, 2.05) is 6.07 Å². The van der Waals surface area contributed by atoms with E-state index in [0.29, 0.717) is 22.6 Å². The molecular weight excluding hydrogens is 469 g/mol. The quantitative estimate of drug-likeness (QED) is 0.474. The highest BCUT2D eigenvalue weighted by Crippen LogP contribution is 2.34. The highest BCUT2D eigenvalue weighted by molar-refractivity contribution is 8.18. The first-order valence-electron chi connectivity index (χ1n) is 10.4. The van der Waals surface area contributed by atoms with Gasteiger partial charge in [0.1, 0.15) is 24.7 Å². The molecule has 174 valence electrons. The minimum Gasteiger partial charge on any atom is -0.488 e. The summed E-state index contributed by atoms with van der Waals surface area (Å²) in [6.07, 6.45) is 1.54. The number of carbonyl (C=O) groups excluding carboxylic acids is 3. The zero-order valence-electron chi connectivity index (χ0n) is 18.2. The zero-order valence-corrected chi connectivity index (χ0v) is 19.0. The van der Waals surface area contributed by atoms with Crippen LogP contribution in [0.1, 0.15) is 16.7 Å². The van der Waals surface area contributed by atoms with Crippen LogP contribution >= 0.6 is 11.8 Å². The van der Waals surface area contributed by atoms with Crippen molar-refractivity contribution < 1.29 is 23.5 Å². The van der Waals surface area contributed by atoms with Gasteiger partial charge in [0.25, 0.3) is 11.1 Å². The summed E-state index contributed by atoms with van der Waals surface area (Å²) in [4.78, 5) is 38.6. The zero-order chi connectivity index (χ0) is 24.8. The van der Waals surface area contributed by atoms with Crippen LogP contribution in [0.5, 0.6) is 5.75 Å². The van der Waals surface area contributed by atoms with E-state index in [1.54, 1.807) is 42.5 Å². The van der Waals surface area contributed by atoms with E-state index in [9.17, 15) is 24.0 Å². The van der Waals surface area contributed by atoms with Gasteiger partial charge in [0.2, 0.25) is 5.91 Å². The van der Waals surface area contributed by atoms with Gasteiger partial charge in [0.05, 0.1) is 16.5 Å². The molecule has 1 saturated heterocycles. The number of ether oxygens (including phenoxy) is 1. The maximum atomic E-state index is 13.0. The van der Waals surface area contributed by atoms with Gasteiger partial charge < -0.3 is 10.1 Å². The summed E-state index contributed by atoms with van der Waals surface area (Å²) in [5.74, 6) is -1.15. The topological polar surface area (TPSA) is 99.5 Å². The largest absolute Gasteiger partial charge is 0.488 e. The Morgan fingerprint density at radius 2 is 1.77 bits per heavy atom. The van der Waals surface area contributed by atoms with E-state index < -0.39 is 29.4 Å². The number of thioether (sulfide) groups is 1. The molecule has 35 heavy (non-hydrogen) atoms. The summed E-state index contributed by atoms with van der Waals surface area (Å²) in [6, 6.07) is 21.3. The smallest absolute Gasteiger partial charge is 0.294 e. The molecule has 0 unspecified atom stereocenters. The number of para-hydroxylation sites is 1. The van der Waals surface area contributed by atoms with Crippen LogP contribution in [0.15, 0.2) is 77.7 Å². The van der Waals surface area contributed by atoms with Crippen LogP contribution < -0.4 is 10.1 Å². The molecule has 1 aliphatic heterocycles. The molecule has 3 aromatic carbocycles. The average molecular weight is 488 g/mol. The molecule has 1 fully saturated rings. The number of amides is 3. The van der Waals surface area contributed by atoms with Crippen LogP contribution in [-0.2, 0) is 16.2 Å². The number of hydrogen-bond donors (Lipinski definition) is 1. The summed E-state index contributed by atoms with van der Waals surface area (Å²) in [6.45, 7) is -0.317. The lowest BCUT2D eigenvalue weighted by atomic mass is 10.1. The first kappa shape index (κ1) is 23.7. The third-order valence-electron chi connectivity index (χ3n) is 5.03. The molecule has 0 radical (unpaired) electrons. The standard InChI is InChI=1S/C26H18FN3O4S/c27-20-9-11-21(12-10-20)29-24(31)15-30-25(32)23(35-26(30)33)13-17-5-3-4-8-22(17)34-16-19-7-2-1-6-18(19)14-28/h1-13H,15-16H2,(H,29,31)/b23-13-. The fraction of sp³-hybridized carbons (Fsp3) is 0.0769. The van der Waals surface area contributed by atoms with Crippen molar-refractivity contribution in [3.8, 4) is 11.8 Å². The van der Waals surface area contributed by atoms with E-state index >= 15 is 0 Å². The van der Waals surface area contributed by atoms with E-state index in [4.69, 9.17) is 4.74 Å². The Labute approximate surface area is 204 Å². The number of nitrogens with one attached hydrogen (secondary N) is 1. The molecule has 1 N–H and O–H groups in total. The van der Waals surface area contributed by atoms with Gasteiger partial charge >= 0.3 is 0 Å². The van der Waals surface area contributed by atoms with Gasteiger partial charge in [0, 0.05) is 16.8 Å². The molecule has 4 rings (SSSR count). The second-order valence-electron chi connectivity index (χ2n) is 7.42. The molecule has 1 aliphatic rings. The number of rotatable bonds is 7. The van der Waals surface area contributed by atoms with Crippen LogP contribution in [0.3, 0.4) is 0 Å². The SMILES string of the molecule is N#Cc1ccccc1COc1ccccc1/C=C1\SC(=O)N(CC(=O)Nc2ccc(F)cc2)C1=O. The number of halogens is 1. The van der Waals surface area contributed by atoms with Gasteiger partial charge in [-0.3, -0.25) is 19.3 Å². The minimum atomic E-state index is -0.598. The molecule has 1 heterocycles. The predicted octanol–water partition coefficient (Wildman–Crippen LogP) is 4.95. The lowest BCUT2D eigenvalue weighted by Gasteiger charge is -2.12. The third-order valence-corrected chi connectivity index (χ3v) is 5.94. The third kappa shape index (κ3) is 5.75. The molecule has 3 amide bonds. The fourth-order valence-corrected chi connectivity index (χ4v) is 4.13. The van der Waals surface area contributed by atoms with Gasteiger partial charge in [-0.25, -0.2) is 4.39 Å². The first-order chi connectivity index (χ1) is 16.9. The van der Waals surface area contributed by atoms with Crippen molar-refractivity contribution in [3.05, 3.63) is 100 Å². The average Bonchev–Trinajstić information content (AvgIpc) is 3.12. The Bertz CT molecular complexity index is 1370. The highest BCUT2D eigenvalue weighted by atomic mass is 32.2. The maximum Gasteiger partial charge on any atom is 0.294 e. The van der Waals surface area contributed by atoms with Crippen molar-refractivity contribution in [1.82, 2.24) is 4.90 Å². The molecule has 0 aliphatic carbocycles. The molecule has 0 bridgehead atoms. The Kier molecular flexibility index (Phi) is 7.24. The van der Waals surface area contributed by atoms with Crippen LogP contribution in [0, 0.1) is 17.1 Å². The minimum absolute atomic E-state index is 0.151. The summed E-state index contributed by atoms with van der Waals surface area (Å²) < 4.78 is 18.9. The maximum absolute atomic E-state index is 13.0. The van der Waals surface area contributed by atoms with Gasteiger partial charge in [-0.15, -0.1) is 0 Å². The first-order valence-corrected chi connectivity index (χ1v) is 11.3. The lowest BCUT2D eigenvalue weighted by molar-refractivity contribution is -0.127. The van der Waals surface area contributed by atoms with Crippen molar-refractivity contribution in [2.45, 2.75) is 6.61 Å². The molecule has 9 heteroatoms. The fourth-order valence-electron chi connectivity index (χ4n) is 3.30. The molecule has 3 aromatic rings. The van der Waals surface area contributed by atoms with Crippen molar-refractivity contribution in [2.24, 2.45) is 0 Å². The molecule has 0 aromatic heterocycles. The highest BCUT2D eigenvalue weighted by Gasteiger charge is 2.36. The molecule has 0 atom stereocenters. The summed E-state index contributed by atoms with van der Waals surface area (Å²) in [7, 11) is 0. The number of imide groups is 1. The Balaban J connectivity index is 1.46. The van der Waals surface area contributed by atoms with Crippen LogP contribution in [-0.4, -0.2) is 28.5 Å². The monoisotopic (exact) mass is 487 g/mol. The van der Waals surface area contributed by atoms with E-state index in [0.717, 1.165) is 22.2 Å². The Morgan fingerprint density at radius 1 is 1.06 bits per heavy atom. The van der Waals surface area contributed by atoms with Crippen molar-refractivity contribution in [3.63, 3.8) is 0 Å². The summed E-state index contributed by atoms with van der Waals surface area (Å²) >= 11 is 0.726. The molecule has 7 nitrogen and oxygen atoms in total. The Hall–Kier alpha value is -4.42. The van der Waals surface area contributed by atoms with Gasteiger partial charge in [-0.1, -0.05) is 36.4 Å².